The summed E-state index contributed by atoms with van der Waals surface area (Å²) in [4.78, 5) is 46.0. The van der Waals surface area contributed by atoms with Gasteiger partial charge in [0.1, 0.15) is 11.6 Å². The lowest BCUT2D eigenvalue weighted by Gasteiger charge is -2.24. The normalized spacial score (nSPS) is 14.1. The van der Waals surface area contributed by atoms with Gasteiger partial charge < -0.3 is 15.4 Å². The minimum atomic E-state index is -0.698. The number of aromatic amines is 2. The lowest BCUT2D eigenvalue weighted by atomic mass is 10.0. The predicted octanol–water partition coefficient (Wildman–Crippen LogP) is 1.54. The minimum Gasteiger partial charge on any atom is -0.383 e. The number of hydrogen-bond donors (Lipinski definition) is 3. The molecule has 0 unspecified atom stereocenters. The molecule has 33 heavy (non-hydrogen) atoms. The van der Waals surface area contributed by atoms with Crippen LogP contribution in [0.2, 0.25) is 0 Å². The van der Waals surface area contributed by atoms with Gasteiger partial charge in [-0.25, -0.2) is 9.78 Å². The largest absolute Gasteiger partial charge is 0.383 e. The van der Waals surface area contributed by atoms with E-state index in [1.165, 1.54) is 54.0 Å². The molecule has 12 heteroatoms. The number of hydrogen-bond acceptors (Lipinski definition) is 8. The number of nitrogens with two attached hydrogens (primary N) is 1. The number of carbonyl (C=O) groups is 1. The van der Waals surface area contributed by atoms with E-state index < -0.39 is 11.2 Å². The van der Waals surface area contributed by atoms with Gasteiger partial charge in [0.2, 0.25) is 11.1 Å². The van der Waals surface area contributed by atoms with Crippen LogP contribution in [-0.4, -0.2) is 56.7 Å². The van der Waals surface area contributed by atoms with Crippen molar-refractivity contribution in [3.05, 3.63) is 26.7 Å². The molecule has 182 valence electrons. The SMILES string of the molecule is CCCCn1c(N)c(N(CCOC)C(=O)CSc2n[nH]c(CC3CCCC3)n2)c(=O)[nH]c1=O. The number of aromatic nitrogens is 5. The molecule has 0 atom stereocenters. The molecule has 3 rings (SSSR count). The third-order valence-corrected chi connectivity index (χ3v) is 6.66. The second-order valence-electron chi connectivity index (χ2n) is 8.24. The highest BCUT2D eigenvalue weighted by atomic mass is 32.2. The Labute approximate surface area is 196 Å². The van der Waals surface area contributed by atoms with Crippen LogP contribution in [0.5, 0.6) is 0 Å². The summed E-state index contributed by atoms with van der Waals surface area (Å²) in [6.45, 7) is 2.67. The van der Waals surface area contributed by atoms with Crippen LogP contribution in [0.4, 0.5) is 11.5 Å². The van der Waals surface area contributed by atoms with E-state index in [0.717, 1.165) is 18.7 Å². The number of H-pyrrole nitrogens is 2. The van der Waals surface area contributed by atoms with Crippen molar-refractivity contribution >= 4 is 29.2 Å². The minimum absolute atomic E-state index is 0.0113. The van der Waals surface area contributed by atoms with E-state index in [0.29, 0.717) is 24.0 Å². The molecule has 0 bridgehead atoms. The zero-order chi connectivity index (χ0) is 23.8. The summed E-state index contributed by atoms with van der Waals surface area (Å²) in [7, 11) is 1.51. The molecule has 2 heterocycles. The average Bonchev–Trinajstić information content (AvgIpc) is 3.46. The average molecular weight is 480 g/mol. The van der Waals surface area contributed by atoms with Crippen LogP contribution in [0.15, 0.2) is 14.7 Å². The number of ether oxygens (including phenoxy) is 1. The van der Waals surface area contributed by atoms with Crippen molar-refractivity contribution in [1.82, 2.24) is 24.7 Å². The first kappa shape index (κ1) is 25.0. The molecule has 1 aliphatic carbocycles. The van der Waals surface area contributed by atoms with Crippen LogP contribution in [-0.2, 0) is 22.5 Å². The highest BCUT2D eigenvalue weighted by Gasteiger charge is 2.25. The maximum Gasteiger partial charge on any atom is 0.330 e. The van der Waals surface area contributed by atoms with Gasteiger partial charge in [0, 0.05) is 26.6 Å². The molecule has 4 N–H and O–H groups in total. The number of anilines is 2. The molecule has 2 aromatic heterocycles. The van der Waals surface area contributed by atoms with Crippen LogP contribution >= 0.6 is 11.8 Å². The second kappa shape index (κ2) is 12.0. The third-order valence-electron chi connectivity index (χ3n) is 5.83. The Morgan fingerprint density at radius 1 is 1.33 bits per heavy atom. The highest BCUT2D eigenvalue weighted by Crippen LogP contribution is 2.27. The van der Waals surface area contributed by atoms with Crippen molar-refractivity contribution in [1.29, 1.82) is 0 Å². The molecule has 0 aliphatic heterocycles. The molecule has 0 spiro atoms. The van der Waals surface area contributed by atoms with Crippen LogP contribution < -0.4 is 21.9 Å². The number of rotatable bonds is 12. The Hall–Kier alpha value is -2.60. The predicted molar refractivity (Wildman–Crippen MR) is 128 cm³/mol. The van der Waals surface area contributed by atoms with Gasteiger partial charge in [-0.2, -0.15) is 0 Å². The van der Waals surface area contributed by atoms with Crippen molar-refractivity contribution in [2.24, 2.45) is 5.92 Å². The molecule has 1 fully saturated rings. The highest BCUT2D eigenvalue weighted by molar-refractivity contribution is 7.99. The van der Waals surface area contributed by atoms with Gasteiger partial charge in [0.05, 0.1) is 12.4 Å². The molecular formula is C21H33N7O4S. The maximum atomic E-state index is 13.1. The summed E-state index contributed by atoms with van der Waals surface area (Å²) in [5, 5.41) is 7.66. The molecule has 11 nitrogen and oxygen atoms in total. The van der Waals surface area contributed by atoms with Crippen molar-refractivity contribution < 1.29 is 9.53 Å². The number of carbonyl (C=O) groups excluding carboxylic acids is 1. The Kier molecular flexibility index (Phi) is 9.12. The number of thioether (sulfide) groups is 1. The first-order valence-electron chi connectivity index (χ1n) is 11.4. The molecular weight excluding hydrogens is 446 g/mol. The Morgan fingerprint density at radius 3 is 2.79 bits per heavy atom. The molecule has 2 aromatic rings. The number of amides is 1. The van der Waals surface area contributed by atoms with Crippen LogP contribution in [0.25, 0.3) is 0 Å². The summed E-state index contributed by atoms with van der Waals surface area (Å²) < 4.78 is 6.42. The van der Waals surface area contributed by atoms with Crippen LogP contribution in [0.1, 0.15) is 51.3 Å². The van der Waals surface area contributed by atoms with Crippen LogP contribution in [0, 0.1) is 5.92 Å². The first-order valence-corrected chi connectivity index (χ1v) is 12.4. The number of unbranched alkanes of at least 4 members (excludes halogenated alkanes) is 1. The van der Waals surface area contributed by atoms with Gasteiger partial charge in [0.15, 0.2) is 5.69 Å². The monoisotopic (exact) mass is 479 g/mol. The molecule has 0 radical (unpaired) electrons. The Bertz CT molecular complexity index is 1040. The van der Waals surface area contributed by atoms with E-state index in [1.807, 2.05) is 6.92 Å². The van der Waals surface area contributed by atoms with Crippen molar-refractivity contribution in [3.8, 4) is 0 Å². The standard InChI is InChI=1S/C21H33N7O4S/c1-3-4-9-28-18(22)17(19(30)24-21(28)31)27(10-11-32-2)16(29)13-33-20-23-15(25-26-20)12-14-7-5-6-8-14/h14H,3-13,22H2,1-2H3,(H,23,25,26)(H,24,30,31). The van der Waals surface area contributed by atoms with Gasteiger partial charge in [-0.3, -0.25) is 24.2 Å². The van der Waals surface area contributed by atoms with E-state index in [-0.39, 0.29) is 36.3 Å². The summed E-state index contributed by atoms with van der Waals surface area (Å²) >= 11 is 1.19. The van der Waals surface area contributed by atoms with E-state index in [1.54, 1.807) is 0 Å². The molecule has 0 saturated heterocycles. The van der Waals surface area contributed by atoms with Gasteiger partial charge in [-0.15, -0.1) is 5.10 Å². The van der Waals surface area contributed by atoms with Gasteiger partial charge in [-0.05, 0) is 12.3 Å². The van der Waals surface area contributed by atoms with Crippen LogP contribution in [0.3, 0.4) is 0 Å². The Balaban J connectivity index is 1.75. The fourth-order valence-electron chi connectivity index (χ4n) is 4.05. The number of methoxy groups -OCH3 is 1. The molecule has 1 amide bonds. The fourth-order valence-corrected chi connectivity index (χ4v) is 4.74. The molecule has 1 aliphatic rings. The van der Waals surface area contributed by atoms with Gasteiger partial charge in [-0.1, -0.05) is 50.8 Å². The smallest absolute Gasteiger partial charge is 0.330 e. The van der Waals surface area contributed by atoms with Gasteiger partial charge in [0.25, 0.3) is 5.56 Å². The quantitative estimate of drug-likeness (QED) is 0.388. The van der Waals surface area contributed by atoms with Crippen molar-refractivity contribution in [3.63, 3.8) is 0 Å². The summed E-state index contributed by atoms with van der Waals surface area (Å²) in [6.07, 6.45) is 7.39. The number of nitrogen functional groups attached to an aromatic ring is 1. The summed E-state index contributed by atoms with van der Waals surface area (Å²) in [5.74, 6) is 1.11. The van der Waals surface area contributed by atoms with Crippen molar-refractivity contribution in [2.45, 2.75) is 63.6 Å². The topological polar surface area (TPSA) is 152 Å². The van der Waals surface area contributed by atoms with E-state index >= 15 is 0 Å². The Morgan fingerprint density at radius 2 is 2.09 bits per heavy atom. The van der Waals surface area contributed by atoms with Gasteiger partial charge >= 0.3 is 5.69 Å². The summed E-state index contributed by atoms with van der Waals surface area (Å²) in [6, 6.07) is 0. The van der Waals surface area contributed by atoms with E-state index in [9.17, 15) is 14.4 Å². The molecule has 1 saturated carbocycles. The maximum absolute atomic E-state index is 13.1. The fraction of sp³-hybridized carbons (Fsp3) is 0.667. The van der Waals surface area contributed by atoms with E-state index in [2.05, 4.69) is 20.2 Å². The lowest BCUT2D eigenvalue weighted by molar-refractivity contribution is -0.116. The first-order chi connectivity index (χ1) is 15.9. The zero-order valence-electron chi connectivity index (χ0n) is 19.3. The molecule has 0 aromatic carbocycles. The second-order valence-corrected chi connectivity index (χ2v) is 9.19. The van der Waals surface area contributed by atoms with Crippen molar-refractivity contribution in [2.75, 3.05) is 36.6 Å². The summed E-state index contributed by atoms with van der Waals surface area (Å²) in [5.41, 5.74) is 4.88. The number of nitrogens with zero attached hydrogens (tertiary/aromatic N) is 4. The lowest BCUT2D eigenvalue weighted by Crippen LogP contribution is -2.43. The van der Waals surface area contributed by atoms with E-state index in [4.69, 9.17) is 10.5 Å². The third kappa shape index (κ3) is 6.47. The zero-order valence-corrected chi connectivity index (χ0v) is 20.1. The number of nitrogens with one attached hydrogen (secondary N) is 2.